The number of hydrogen-bond acceptors (Lipinski definition) is 4. The van der Waals surface area contributed by atoms with Gasteiger partial charge >= 0.3 is 5.97 Å². The van der Waals surface area contributed by atoms with Crippen molar-refractivity contribution < 1.29 is 18.8 Å². The maximum Gasteiger partial charge on any atom is 0.372 e. The molecule has 0 aliphatic carbocycles. The minimum atomic E-state index is -0.687. The molecule has 0 aliphatic rings. The Morgan fingerprint density at radius 3 is 2.55 bits per heavy atom. The second kappa shape index (κ2) is 7.21. The van der Waals surface area contributed by atoms with E-state index in [4.69, 9.17) is 10.5 Å². The summed E-state index contributed by atoms with van der Waals surface area (Å²) in [6.07, 6.45) is 0. The first-order chi connectivity index (χ1) is 10.6. The number of amidine groups is 1. The molecule has 0 aliphatic heterocycles. The maximum absolute atomic E-state index is 12.8. The molecular weight excluding hydrogens is 287 g/mol. The van der Waals surface area contributed by atoms with Gasteiger partial charge < -0.3 is 15.3 Å². The number of carbonyl (C=O) groups excluding carboxylic acids is 1. The SMILES string of the molecule is Cc1ccccc1OCC(=O)O/N=C(\N)c1ccc(F)cc1. The Hall–Kier alpha value is -2.89. The number of oxime groups is 1. The van der Waals surface area contributed by atoms with Crippen molar-refractivity contribution in [3.8, 4) is 5.75 Å². The molecule has 0 amide bonds. The van der Waals surface area contributed by atoms with Gasteiger partial charge in [-0.25, -0.2) is 9.18 Å². The lowest BCUT2D eigenvalue weighted by atomic mass is 10.2. The fourth-order valence-corrected chi connectivity index (χ4v) is 1.65. The summed E-state index contributed by atoms with van der Waals surface area (Å²) in [5, 5.41) is 3.50. The summed E-state index contributed by atoms with van der Waals surface area (Å²) in [6, 6.07) is 12.6. The number of aryl methyl sites for hydroxylation is 1. The predicted molar refractivity (Wildman–Crippen MR) is 79.9 cm³/mol. The van der Waals surface area contributed by atoms with E-state index in [0.29, 0.717) is 11.3 Å². The summed E-state index contributed by atoms with van der Waals surface area (Å²) in [5.74, 6) is -0.507. The zero-order valence-electron chi connectivity index (χ0n) is 12.0. The first-order valence-corrected chi connectivity index (χ1v) is 6.54. The van der Waals surface area contributed by atoms with Gasteiger partial charge in [0.25, 0.3) is 0 Å². The van der Waals surface area contributed by atoms with Gasteiger partial charge in [0.1, 0.15) is 11.6 Å². The third-order valence-corrected chi connectivity index (χ3v) is 2.82. The van der Waals surface area contributed by atoms with Crippen LogP contribution in [0.2, 0.25) is 0 Å². The molecule has 0 radical (unpaired) electrons. The first kappa shape index (κ1) is 15.5. The molecule has 2 aromatic carbocycles. The van der Waals surface area contributed by atoms with E-state index in [0.717, 1.165) is 5.56 Å². The highest BCUT2D eigenvalue weighted by molar-refractivity contribution is 5.97. The molecule has 0 spiro atoms. The molecule has 5 nitrogen and oxygen atoms in total. The number of hydrogen-bond donors (Lipinski definition) is 1. The number of nitrogens with zero attached hydrogens (tertiary/aromatic N) is 1. The highest BCUT2D eigenvalue weighted by Crippen LogP contribution is 2.15. The van der Waals surface area contributed by atoms with Crippen LogP contribution in [0, 0.1) is 12.7 Å². The lowest BCUT2D eigenvalue weighted by Gasteiger charge is -2.06. The van der Waals surface area contributed by atoms with Gasteiger partial charge in [-0.1, -0.05) is 23.4 Å². The van der Waals surface area contributed by atoms with Crippen molar-refractivity contribution in [2.24, 2.45) is 10.9 Å². The Morgan fingerprint density at radius 1 is 1.18 bits per heavy atom. The van der Waals surface area contributed by atoms with E-state index in [9.17, 15) is 9.18 Å². The van der Waals surface area contributed by atoms with Crippen LogP contribution in [0.3, 0.4) is 0 Å². The zero-order chi connectivity index (χ0) is 15.9. The molecule has 114 valence electrons. The molecule has 6 heteroatoms. The minimum absolute atomic E-state index is 0.0239. The van der Waals surface area contributed by atoms with Crippen molar-refractivity contribution in [2.45, 2.75) is 6.92 Å². The lowest BCUT2D eigenvalue weighted by molar-refractivity contribution is -0.146. The molecular formula is C16H15FN2O3. The summed E-state index contributed by atoms with van der Waals surface area (Å²) in [6.45, 7) is 1.58. The molecule has 2 rings (SSSR count). The summed E-state index contributed by atoms with van der Waals surface area (Å²) in [7, 11) is 0. The second-order valence-electron chi connectivity index (χ2n) is 4.50. The van der Waals surface area contributed by atoms with Crippen LogP contribution in [0.25, 0.3) is 0 Å². The fraction of sp³-hybridized carbons (Fsp3) is 0.125. The summed E-state index contributed by atoms with van der Waals surface area (Å²) in [4.78, 5) is 16.2. The van der Waals surface area contributed by atoms with Gasteiger partial charge in [-0.15, -0.1) is 0 Å². The largest absolute Gasteiger partial charge is 0.482 e. The zero-order valence-corrected chi connectivity index (χ0v) is 12.0. The smallest absolute Gasteiger partial charge is 0.372 e. The van der Waals surface area contributed by atoms with E-state index in [-0.39, 0.29) is 18.3 Å². The molecule has 0 saturated carbocycles. The first-order valence-electron chi connectivity index (χ1n) is 6.54. The van der Waals surface area contributed by atoms with E-state index in [2.05, 4.69) is 9.99 Å². The Kier molecular flexibility index (Phi) is 5.08. The van der Waals surface area contributed by atoms with Crippen molar-refractivity contribution in [2.75, 3.05) is 6.61 Å². The third-order valence-electron chi connectivity index (χ3n) is 2.82. The molecule has 2 aromatic rings. The number of nitrogens with two attached hydrogens (primary N) is 1. The van der Waals surface area contributed by atoms with Crippen molar-refractivity contribution in [3.05, 3.63) is 65.5 Å². The molecule has 0 aromatic heterocycles. The standard InChI is InChI=1S/C16H15FN2O3/c1-11-4-2-3-5-14(11)21-10-15(20)22-19-16(18)12-6-8-13(17)9-7-12/h2-9H,10H2,1H3,(H2,18,19). The molecule has 0 unspecified atom stereocenters. The Balaban J connectivity index is 1.88. The molecule has 22 heavy (non-hydrogen) atoms. The van der Waals surface area contributed by atoms with E-state index < -0.39 is 5.97 Å². The predicted octanol–water partition coefficient (Wildman–Crippen LogP) is 2.38. The summed E-state index contributed by atoms with van der Waals surface area (Å²) >= 11 is 0. The van der Waals surface area contributed by atoms with Crippen LogP contribution in [0.1, 0.15) is 11.1 Å². The van der Waals surface area contributed by atoms with E-state index in [1.807, 2.05) is 19.1 Å². The average Bonchev–Trinajstić information content (AvgIpc) is 2.52. The highest BCUT2D eigenvalue weighted by Gasteiger charge is 2.07. The lowest BCUT2D eigenvalue weighted by Crippen LogP contribution is -2.18. The molecule has 0 saturated heterocycles. The van der Waals surface area contributed by atoms with E-state index >= 15 is 0 Å². The Morgan fingerprint density at radius 2 is 1.86 bits per heavy atom. The Bertz CT molecular complexity index is 684. The molecule has 0 atom stereocenters. The fourth-order valence-electron chi connectivity index (χ4n) is 1.65. The molecule has 0 bridgehead atoms. The van der Waals surface area contributed by atoms with Crippen molar-refractivity contribution in [1.82, 2.24) is 0 Å². The number of para-hydroxylation sites is 1. The molecule has 2 N–H and O–H groups in total. The molecule has 0 heterocycles. The van der Waals surface area contributed by atoms with Gasteiger partial charge in [-0.05, 0) is 42.8 Å². The van der Waals surface area contributed by atoms with Crippen molar-refractivity contribution in [1.29, 1.82) is 0 Å². The van der Waals surface area contributed by atoms with Crippen LogP contribution in [0.4, 0.5) is 4.39 Å². The maximum atomic E-state index is 12.8. The number of halogens is 1. The number of rotatable bonds is 5. The second-order valence-corrected chi connectivity index (χ2v) is 4.50. The average molecular weight is 302 g/mol. The normalized spacial score (nSPS) is 11.1. The summed E-state index contributed by atoms with van der Waals surface area (Å²) in [5.41, 5.74) is 6.99. The number of carbonyl (C=O) groups is 1. The monoisotopic (exact) mass is 302 g/mol. The van der Waals surface area contributed by atoms with Crippen molar-refractivity contribution in [3.63, 3.8) is 0 Å². The minimum Gasteiger partial charge on any atom is -0.482 e. The van der Waals surface area contributed by atoms with Crippen LogP contribution in [0.15, 0.2) is 53.7 Å². The highest BCUT2D eigenvalue weighted by atomic mass is 19.1. The number of benzene rings is 2. The van der Waals surface area contributed by atoms with Crippen LogP contribution in [-0.2, 0) is 9.63 Å². The quantitative estimate of drug-likeness (QED) is 0.398. The van der Waals surface area contributed by atoms with Crippen molar-refractivity contribution >= 4 is 11.8 Å². The number of ether oxygens (including phenoxy) is 1. The van der Waals surface area contributed by atoms with Gasteiger partial charge in [0, 0.05) is 5.56 Å². The third kappa shape index (κ3) is 4.31. The van der Waals surface area contributed by atoms with Gasteiger partial charge in [0.2, 0.25) is 0 Å². The van der Waals surface area contributed by atoms with Crippen LogP contribution in [-0.4, -0.2) is 18.4 Å². The van der Waals surface area contributed by atoms with Crippen LogP contribution < -0.4 is 10.5 Å². The summed E-state index contributed by atoms with van der Waals surface area (Å²) < 4.78 is 18.1. The van der Waals surface area contributed by atoms with Gasteiger partial charge in [0.05, 0.1) is 0 Å². The van der Waals surface area contributed by atoms with Crippen LogP contribution in [0.5, 0.6) is 5.75 Å². The van der Waals surface area contributed by atoms with Gasteiger partial charge in [0.15, 0.2) is 12.4 Å². The van der Waals surface area contributed by atoms with Crippen LogP contribution >= 0.6 is 0 Å². The topological polar surface area (TPSA) is 73.9 Å². The van der Waals surface area contributed by atoms with E-state index in [1.54, 1.807) is 12.1 Å². The Labute approximate surface area is 127 Å². The van der Waals surface area contributed by atoms with Gasteiger partial charge in [-0.2, -0.15) is 0 Å². The van der Waals surface area contributed by atoms with Gasteiger partial charge in [-0.3, -0.25) is 0 Å². The van der Waals surface area contributed by atoms with E-state index in [1.165, 1.54) is 24.3 Å². The molecule has 0 fully saturated rings.